The SMILES string of the molecule is Cc1cccc(Cl)c1NC(=O)c1ccc(-c2cc(C(F)(F)F)nn2-c2ccccc2Cl)cc1. The van der Waals surface area contributed by atoms with Gasteiger partial charge >= 0.3 is 6.18 Å². The number of halogens is 5. The van der Waals surface area contributed by atoms with E-state index in [1.807, 2.05) is 13.0 Å². The van der Waals surface area contributed by atoms with Crippen LogP contribution < -0.4 is 5.32 Å². The molecule has 0 saturated heterocycles. The number of aryl methyl sites for hydroxylation is 1. The van der Waals surface area contributed by atoms with Gasteiger partial charge in [0, 0.05) is 11.1 Å². The van der Waals surface area contributed by atoms with Crippen LogP contribution in [0.5, 0.6) is 0 Å². The van der Waals surface area contributed by atoms with Gasteiger partial charge in [0.1, 0.15) is 0 Å². The van der Waals surface area contributed by atoms with Crippen molar-refractivity contribution >= 4 is 34.8 Å². The zero-order chi connectivity index (χ0) is 23.8. The quantitative estimate of drug-likeness (QED) is 0.324. The Morgan fingerprint density at radius 3 is 2.24 bits per heavy atom. The minimum atomic E-state index is -4.63. The van der Waals surface area contributed by atoms with Crippen molar-refractivity contribution in [1.29, 1.82) is 0 Å². The Morgan fingerprint density at radius 1 is 0.939 bits per heavy atom. The molecule has 0 aliphatic carbocycles. The van der Waals surface area contributed by atoms with Crippen LogP contribution in [0.2, 0.25) is 10.0 Å². The molecule has 3 aromatic carbocycles. The lowest BCUT2D eigenvalue weighted by Gasteiger charge is -2.11. The predicted octanol–water partition coefficient (Wildman–Crippen LogP) is 7.43. The second-order valence-corrected chi connectivity index (χ2v) is 8.05. The van der Waals surface area contributed by atoms with Crippen molar-refractivity contribution in [3.63, 3.8) is 0 Å². The van der Waals surface area contributed by atoms with E-state index in [1.54, 1.807) is 48.5 Å². The van der Waals surface area contributed by atoms with Crippen LogP contribution in [-0.2, 0) is 6.18 Å². The minimum absolute atomic E-state index is 0.185. The lowest BCUT2D eigenvalue weighted by Crippen LogP contribution is -2.13. The van der Waals surface area contributed by atoms with Crippen molar-refractivity contribution in [3.8, 4) is 16.9 Å². The summed E-state index contributed by atoms with van der Waals surface area (Å²) in [6.45, 7) is 1.82. The Hall–Kier alpha value is -3.29. The summed E-state index contributed by atoms with van der Waals surface area (Å²) in [4.78, 5) is 12.7. The fraction of sp³-hybridized carbons (Fsp3) is 0.0833. The number of amides is 1. The smallest absolute Gasteiger partial charge is 0.320 e. The van der Waals surface area contributed by atoms with Crippen LogP contribution in [0.3, 0.4) is 0 Å². The van der Waals surface area contributed by atoms with Gasteiger partial charge in [-0.15, -0.1) is 0 Å². The third-order valence-corrected chi connectivity index (χ3v) is 5.62. The largest absolute Gasteiger partial charge is 0.435 e. The van der Waals surface area contributed by atoms with Crippen LogP contribution in [0, 0.1) is 6.92 Å². The number of hydrogen-bond acceptors (Lipinski definition) is 2. The number of carbonyl (C=O) groups is 1. The molecule has 9 heteroatoms. The molecule has 0 radical (unpaired) electrons. The predicted molar refractivity (Wildman–Crippen MR) is 123 cm³/mol. The van der Waals surface area contributed by atoms with Crippen molar-refractivity contribution in [1.82, 2.24) is 9.78 Å². The first-order valence-corrected chi connectivity index (χ1v) is 10.5. The molecule has 4 rings (SSSR count). The lowest BCUT2D eigenvalue weighted by atomic mass is 10.1. The number of nitrogens with one attached hydrogen (secondary N) is 1. The highest BCUT2D eigenvalue weighted by Gasteiger charge is 2.35. The standard InChI is InChI=1S/C24H16Cl2F3N3O/c1-14-5-4-7-18(26)22(14)30-23(33)16-11-9-15(10-12-16)20-13-21(24(27,28)29)31-32(20)19-8-3-2-6-17(19)25/h2-13H,1H3,(H,30,33). The molecule has 4 nitrogen and oxygen atoms in total. The van der Waals surface area contributed by atoms with E-state index in [0.717, 1.165) is 16.3 Å². The zero-order valence-electron chi connectivity index (χ0n) is 17.1. The van der Waals surface area contributed by atoms with Crippen LogP contribution >= 0.6 is 23.2 Å². The molecule has 0 aliphatic heterocycles. The van der Waals surface area contributed by atoms with E-state index < -0.39 is 17.8 Å². The van der Waals surface area contributed by atoms with Crippen molar-refractivity contribution in [3.05, 3.63) is 99.7 Å². The summed E-state index contributed by atoms with van der Waals surface area (Å²) >= 11 is 12.4. The number of hydrogen-bond donors (Lipinski definition) is 1. The summed E-state index contributed by atoms with van der Waals surface area (Å²) in [5.74, 6) is -0.395. The fourth-order valence-electron chi connectivity index (χ4n) is 3.30. The number of alkyl halides is 3. The van der Waals surface area contributed by atoms with E-state index in [2.05, 4.69) is 10.4 Å². The summed E-state index contributed by atoms with van der Waals surface area (Å²) in [7, 11) is 0. The van der Waals surface area contributed by atoms with Crippen LogP contribution in [-0.4, -0.2) is 15.7 Å². The van der Waals surface area contributed by atoms with Gasteiger partial charge in [0.25, 0.3) is 5.91 Å². The van der Waals surface area contributed by atoms with Crippen LogP contribution in [0.4, 0.5) is 18.9 Å². The number of carbonyl (C=O) groups excluding carboxylic acids is 1. The molecule has 0 unspecified atom stereocenters. The Bertz CT molecular complexity index is 1310. The molecule has 0 spiro atoms. The molecule has 1 heterocycles. The first-order valence-electron chi connectivity index (χ1n) is 9.74. The summed E-state index contributed by atoms with van der Waals surface area (Å²) in [6.07, 6.45) is -4.63. The van der Waals surface area contributed by atoms with Gasteiger partial charge in [0.2, 0.25) is 0 Å². The minimum Gasteiger partial charge on any atom is -0.320 e. The summed E-state index contributed by atoms with van der Waals surface area (Å²) in [5, 5.41) is 7.16. The maximum atomic E-state index is 13.4. The molecule has 0 saturated carbocycles. The number of anilines is 1. The first-order chi connectivity index (χ1) is 15.6. The van der Waals surface area contributed by atoms with Gasteiger partial charge in [0.05, 0.1) is 27.1 Å². The van der Waals surface area contributed by atoms with E-state index in [0.29, 0.717) is 27.5 Å². The Morgan fingerprint density at radius 2 is 1.61 bits per heavy atom. The average molecular weight is 490 g/mol. The maximum Gasteiger partial charge on any atom is 0.435 e. The van der Waals surface area contributed by atoms with E-state index in [9.17, 15) is 18.0 Å². The number of rotatable bonds is 4. The summed E-state index contributed by atoms with van der Waals surface area (Å²) in [5.41, 5.74) is 1.50. The molecular formula is C24H16Cl2F3N3O. The summed E-state index contributed by atoms with van der Waals surface area (Å²) < 4.78 is 41.3. The Labute approximate surface area is 197 Å². The van der Waals surface area contributed by atoms with E-state index >= 15 is 0 Å². The highest BCUT2D eigenvalue weighted by molar-refractivity contribution is 6.34. The molecule has 0 fully saturated rings. The highest BCUT2D eigenvalue weighted by atomic mass is 35.5. The van der Waals surface area contributed by atoms with Crippen LogP contribution in [0.25, 0.3) is 16.9 Å². The number of nitrogens with zero attached hydrogens (tertiary/aromatic N) is 2. The molecule has 0 aliphatic rings. The van der Waals surface area contributed by atoms with Gasteiger partial charge in [-0.2, -0.15) is 18.3 Å². The van der Waals surface area contributed by atoms with E-state index in [1.165, 1.54) is 12.1 Å². The molecule has 33 heavy (non-hydrogen) atoms. The van der Waals surface area contributed by atoms with Gasteiger partial charge in [0.15, 0.2) is 5.69 Å². The third kappa shape index (κ3) is 4.74. The van der Waals surface area contributed by atoms with Gasteiger partial charge < -0.3 is 5.32 Å². The van der Waals surface area contributed by atoms with Crippen LogP contribution in [0.1, 0.15) is 21.6 Å². The first kappa shape index (κ1) is 22.9. The highest BCUT2D eigenvalue weighted by Crippen LogP contribution is 2.35. The molecule has 1 N–H and O–H groups in total. The van der Waals surface area contributed by atoms with Crippen molar-refractivity contribution in [2.75, 3.05) is 5.32 Å². The zero-order valence-corrected chi connectivity index (χ0v) is 18.6. The van der Waals surface area contributed by atoms with Gasteiger partial charge in [-0.05, 0) is 48.9 Å². The Kier molecular flexibility index (Phi) is 6.19. The normalized spacial score (nSPS) is 11.5. The molecule has 1 amide bonds. The molecule has 1 aromatic heterocycles. The Balaban J connectivity index is 1.70. The third-order valence-electron chi connectivity index (χ3n) is 4.98. The second kappa shape index (κ2) is 8.92. The molecule has 0 atom stereocenters. The van der Waals surface area contributed by atoms with E-state index in [4.69, 9.17) is 23.2 Å². The van der Waals surface area contributed by atoms with Gasteiger partial charge in [-0.3, -0.25) is 4.79 Å². The van der Waals surface area contributed by atoms with Crippen molar-refractivity contribution in [2.45, 2.75) is 13.1 Å². The second-order valence-electron chi connectivity index (χ2n) is 7.24. The number of benzene rings is 3. The summed E-state index contributed by atoms with van der Waals surface area (Å²) in [6, 6.07) is 18.8. The fourth-order valence-corrected chi connectivity index (χ4v) is 3.79. The molecular weight excluding hydrogens is 474 g/mol. The average Bonchev–Trinajstić information content (AvgIpc) is 3.22. The monoisotopic (exact) mass is 489 g/mol. The van der Waals surface area contributed by atoms with Gasteiger partial charge in [-0.1, -0.05) is 59.6 Å². The molecule has 168 valence electrons. The van der Waals surface area contributed by atoms with Crippen molar-refractivity contribution < 1.29 is 18.0 Å². The number of aromatic nitrogens is 2. The maximum absolute atomic E-state index is 13.4. The topological polar surface area (TPSA) is 46.9 Å². The number of para-hydroxylation sites is 2. The van der Waals surface area contributed by atoms with Crippen molar-refractivity contribution in [2.24, 2.45) is 0 Å². The molecule has 0 bridgehead atoms. The van der Waals surface area contributed by atoms with E-state index in [-0.39, 0.29) is 10.7 Å². The van der Waals surface area contributed by atoms with Gasteiger partial charge in [-0.25, -0.2) is 4.68 Å². The molecule has 4 aromatic rings. The van der Waals surface area contributed by atoms with Crippen LogP contribution in [0.15, 0.2) is 72.8 Å². The lowest BCUT2D eigenvalue weighted by molar-refractivity contribution is -0.141.